The molecule has 0 radical (unpaired) electrons. The largest absolute Gasteiger partial charge is 0.349 e. The molecule has 0 spiro atoms. The lowest BCUT2D eigenvalue weighted by Crippen LogP contribution is -2.50. The van der Waals surface area contributed by atoms with Gasteiger partial charge in [0.15, 0.2) is 0 Å². The second-order valence-corrected chi connectivity index (χ2v) is 8.64. The second kappa shape index (κ2) is 10.8. The Balaban J connectivity index is 1.46. The molecule has 170 valence electrons. The summed E-state index contributed by atoms with van der Waals surface area (Å²) in [5.41, 5.74) is 3.22. The standard InChI is InChI=1S/C28H31N3O2/c1-21(23-13-7-3-8-14-23)30-27(32)25-17-18-26(24-15-9-4-10-16-24)31(20-25)28(33)29-19-22-11-5-2-6-12-22/h2-16,21,25-26H,17-20H2,1H3,(H,29,33)(H,30,32)/t21-,25+,26+/m0/s1. The minimum atomic E-state index is -0.237. The van der Waals surface area contributed by atoms with Crippen LogP contribution in [0.25, 0.3) is 0 Å². The van der Waals surface area contributed by atoms with E-state index in [9.17, 15) is 9.59 Å². The fourth-order valence-electron chi connectivity index (χ4n) is 4.46. The molecule has 1 saturated heterocycles. The maximum Gasteiger partial charge on any atom is 0.318 e. The summed E-state index contributed by atoms with van der Waals surface area (Å²) in [4.78, 5) is 28.2. The molecule has 0 aliphatic carbocycles. The topological polar surface area (TPSA) is 61.4 Å². The molecule has 5 heteroatoms. The molecule has 0 bridgehead atoms. The molecule has 33 heavy (non-hydrogen) atoms. The molecule has 3 atom stereocenters. The van der Waals surface area contributed by atoms with E-state index in [1.54, 1.807) is 0 Å². The number of carbonyl (C=O) groups excluding carboxylic acids is 2. The lowest BCUT2D eigenvalue weighted by atomic mass is 9.88. The molecule has 1 aliphatic heterocycles. The Morgan fingerprint density at radius 3 is 2.15 bits per heavy atom. The minimum absolute atomic E-state index is 0.00118. The van der Waals surface area contributed by atoms with E-state index in [0.29, 0.717) is 13.1 Å². The number of amides is 3. The Hall–Kier alpha value is -3.60. The monoisotopic (exact) mass is 441 g/mol. The van der Waals surface area contributed by atoms with Gasteiger partial charge in [0.2, 0.25) is 5.91 Å². The molecule has 2 N–H and O–H groups in total. The van der Waals surface area contributed by atoms with Crippen LogP contribution in [0.4, 0.5) is 4.79 Å². The van der Waals surface area contributed by atoms with Crippen LogP contribution < -0.4 is 10.6 Å². The number of rotatable bonds is 6. The van der Waals surface area contributed by atoms with Gasteiger partial charge in [-0.15, -0.1) is 0 Å². The van der Waals surface area contributed by atoms with Gasteiger partial charge >= 0.3 is 6.03 Å². The van der Waals surface area contributed by atoms with Gasteiger partial charge in [0, 0.05) is 13.1 Å². The van der Waals surface area contributed by atoms with Gasteiger partial charge in [0.05, 0.1) is 18.0 Å². The van der Waals surface area contributed by atoms with Crippen molar-refractivity contribution >= 4 is 11.9 Å². The summed E-state index contributed by atoms with van der Waals surface area (Å²) in [7, 11) is 0. The van der Waals surface area contributed by atoms with Crippen LogP contribution in [0.1, 0.15) is 48.5 Å². The predicted octanol–water partition coefficient (Wildman–Crippen LogP) is 5.23. The van der Waals surface area contributed by atoms with Gasteiger partial charge in [0.1, 0.15) is 0 Å². The van der Waals surface area contributed by atoms with E-state index >= 15 is 0 Å². The summed E-state index contributed by atoms with van der Waals surface area (Å²) in [5.74, 6) is -0.239. The summed E-state index contributed by atoms with van der Waals surface area (Å²) in [6, 6.07) is 29.6. The third-order valence-electron chi connectivity index (χ3n) is 6.34. The first-order valence-corrected chi connectivity index (χ1v) is 11.6. The first-order chi connectivity index (χ1) is 16.1. The van der Waals surface area contributed by atoms with Gasteiger partial charge in [-0.05, 0) is 36.5 Å². The molecule has 0 unspecified atom stereocenters. The van der Waals surface area contributed by atoms with E-state index in [-0.39, 0.29) is 29.9 Å². The fraction of sp³-hybridized carbons (Fsp3) is 0.286. The summed E-state index contributed by atoms with van der Waals surface area (Å²) in [6.07, 6.45) is 1.50. The quantitative estimate of drug-likeness (QED) is 0.550. The SMILES string of the molecule is C[C@H](NC(=O)[C@@H]1CC[C@H](c2ccccc2)N(C(=O)NCc2ccccc2)C1)c1ccccc1. The second-order valence-electron chi connectivity index (χ2n) is 8.64. The molecule has 0 saturated carbocycles. The van der Waals surface area contributed by atoms with Gasteiger partial charge < -0.3 is 15.5 Å². The maximum atomic E-state index is 13.3. The van der Waals surface area contributed by atoms with Crippen molar-refractivity contribution < 1.29 is 9.59 Å². The fourth-order valence-corrected chi connectivity index (χ4v) is 4.46. The highest BCUT2D eigenvalue weighted by Gasteiger charge is 2.35. The Labute approximate surface area is 195 Å². The normalized spacial score (nSPS) is 18.9. The zero-order valence-electron chi connectivity index (χ0n) is 19.0. The average Bonchev–Trinajstić information content (AvgIpc) is 2.88. The zero-order valence-corrected chi connectivity index (χ0v) is 19.0. The van der Waals surface area contributed by atoms with E-state index in [0.717, 1.165) is 29.5 Å². The molecule has 3 aromatic rings. The van der Waals surface area contributed by atoms with Gasteiger partial charge in [-0.3, -0.25) is 4.79 Å². The molecule has 1 aliphatic rings. The minimum Gasteiger partial charge on any atom is -0.349 e. The number of piperidine rings is 1. The molecular formula is C28H31N3O2. The van der Waals surface area contributed by atoms with Crippen LogP contribution in [0.3, 0.4) is 0 Å². The average molecular weight is 442 g/mol. The van der Waals surface area contributed by atoms with Crippen LogP contribution in [-0.2, 0) is 11.3 Å². The number of carbonyl (C=O) groups is 2. The van der Waals surface area contributed by atoms with Crippen molar-refractivity contribution in [3.05, 3.63) is 108 Å². The van der Waals surface area contributed by atoms with Crippen molar-refractivity contribution in [2.45, 2.75) is 38.4 Å². The van der Waals surface area contributed by atoms with E-state index in [1.807, 2.05) is 90.7 Å². The number of likely N-dealkylation sites (tertiary alicyclic amines) is 1. The number of benzene rings is 3. The first-order valence-electron chi connectivity index (χ1n) is 11.6. The van der Waals surface area contributed by atoms with Gasteiger partial charge in [-0.1, -0.05) is 91.0 Å². The Morgan fingerprint density at radius 1 is 0.879 bits per heavy atom. The Bertz CT molecular complexity index is 1040. The van der Waals surface area contributed by atoms with Crippen LogP contribution in [0, 0.1) is 5.92 Å². The molecule has 1 fully saturated rings. The molecule has 4 rings (SSSR count). The number of nitrogens with one attached hydrogen (secondary N) is 2. The molecule has 5 nitrogen and oxygen atoms in total. The summed E-state index contributed by atoms with van der Waals surface area (Å²) in [5, 5.41) is 6.19. The highest BCUT2D eigenvalue weighted by Crippen LogP contribution is 2.34. The summed E-state index contributed by atoms with van der Waals surface area (Å²) >= 11 is 0. The van der Waals surface area contributed by atoms with Crippen molar-refractivity contribution in [3.8, 4) is 0 Å². The first kappa shape index (κ1) is 22.6. The van der Waals surface area contributed by atoms with E-state index < -0.39 is 0 Å². The van der Waals surface area contributed by atoms with E-state index in [2.05, 4.69) is 22.8 Å². The molecular weight excluding hydrogens is 410 g/mol. The lowest BCUT2D eigenvalue weighted by molar-refractivity contribution is -0.127. The summed E-state index contributed by atoms with van der Waals surface area (Å²) in [6.45, 7) is 2.85. The van der Waals surface area contributed by atoms with Gasteiger partial charge in [-0.25, -0.2) is 4.79 Å². The van der Waals surface area contributed by atoms with Gasteiger partial charge in [-0.2, -0.15) is 0 Å². The van der Waals surface area contributed by atoms with Crippen LogP contribution in [0.2, 0.25) is 0 Å². The Kier molecular flexibility index (Phi) is 7.40. The lowest BCUT2D eigenvalue weighted by Gasteiger charge is -2.39. The van der Waals surface area contributed by atoms with Crippen LogP contribution in [0.15, 0.2) is 91.0 Å². The highest BCUT2D eigenvalue weighted by molar-refractivity contribution is 5.81. The molecule has 3 amide bonds. The number of hydrogen-bond acceptors (Lipinski definition) is 2. The predicted molar refractivity (Wildman–Crippen MR) is 130 cm³/mol. The van der Waals surface area contributed by atoms with Crippen molar-refractivity contribution in [2.24, 2.45) is 5.92 Å². The maximum absolute atomic E-state index is 13.3. The number of urea groups is 1. The van der Waals surface area contributed by atoms with Crippen molar-refractivity contribution in [1.82, 2.24) is 15.5 Å². The molecule has 3 aromatic carbocycles. The van der Waals surface area contributed by atoms with Gasteiger partial charge in [0.25, 0.3) is 0 Å². The third-order valence-corrected chi connectivity index (χ3v) is 6.34. The number of nitrogens with zero attached hydrogens (tertiary/aromatic N) is 1. The van der Waals surface area contributed by atoms with E-state index in [1.165, 1.54) is 0 Å². The smallest absolute Gasteiger partial charge is 0.318 e. The summed E-state index contributed by atoms with van der Waals surface area (Å²) < 4.78 is 0. The van der Waals surface area contributed by atoms with Crippen LogP contribution >= 0.6 is 0 Å². The highest BCUT2D eigenvalue weighted by atomic mass is 16.2. The zero-order chi connectivity index (χ0) is 23.0. The number of hydrogen-bond donors (Lipinski definition) is 2. The third kappa shape index (κ3) is 5.80. The van der Waals surface area contributed by atoms with Crippen molar-refractivity contribution in [3.63, 3.8) is 0 Å². The van der Waals surface area contributed by atoms with Crippen molar-refractivity contribution in [2.75, 3.05) is 6.54 Å². The molecule has 1 heterocycles. The Morgan fingerprint density at radius 2 is 1.48 bits per heavy atom. The van der Waals surface area contributed by atoms with E-state index in [4.69, 9.17) is 0 Å². The van der Waals surface area contributed by atoms with Crippen LogP contribution in [0.5, 0.6) is 0 Å². The van der Waals surface area contributed by atoms with Crippen LogP contribution in [-0.4, -0.2) is 23.4 Å². The van der Waals surface area contributed by atoms with Crippen molar-refractivity contribution in [1.29, 1.82) is 0 Å². The molecule has 0 aromatic heterocycles.